The van der Waals surface area contributed by atoms with E-state index in [2.05, 4.69) is 16.3 Å². The molecule has 1 heterocycles. The van der Waals surface area contributed by atoms with E-state index in [1.807, 2.05) is 42.5 Å². The molecule has 0 bridgehead atoms. The van der Waals surface area contributed by atoms with Crippen molar-refractivity contribution in [3.8, 4) is 6.07 Å². The molecule has 3 rings (SSSR count). The van der Waals surface area contributed by atoms with Crippen LogP contribution in [0.5, 0.6) is 0 Å². The molecule has 25 heavy (non-hydrogen) atoms. The Bertz CT molecular complexity index is 766. The first-order chi connectivity index (χ1) is 12.2. The molecule has 1 aliphatic rings. The van der Waals surface area contributed by atoms with Crippen LogP contribution in [0.3, 0.4) is 0 Å². The summed E-state index contributed by atoms with van der Waals surface area (Å²) in [5, 5.41) is 12.9. The van der Waals surface area contributed by atoms with Gasteiger partial charge in [-0.1, -0.05) is 54.1 Å². The van der Waals surface area contributed by atoms with Gasteiger partial charge >= 0.3 is 6.03 Å². The summed E-state index contributed by atoms with van der Waals surface area (Å²) in [6.45, 7) is 2.45. The molecule has 0 unspecified atom stereocenters. The van der Waals surface area contributed by atoms with E-state index in [0.29, 0.717) is 36.9 Å². The van der Waals surface area contributed by atoms with Crippen molar-refractivity contribution in [2.45, 2.75) is 6.04 Å². The second-order valence-corrected chi connectivity index (χ2v) is 6.28. The summed E-state index contributed by atoms with van der Waals surface area (Å²) in [7, 11) is 0. The topological polar surface area (TPSA) is 59.4 Å². The van der Waals surface area contributed by atoms with Crippen LogP contribution < -0.4 is 5.32 Å². The molecule has 2 aromatic rings. The van der Waals surface area contributed by atoms with E-state index in [1.165, 1.54) is 0 Å². The average Bonchev–Trinajstić information content (AvgIpc) is 2.66. The number of carbonyl (C=O) groups excluding carboxylic acids is 1. The first-order valence-electron chi connectivity index (χ1n) is 8.18. The van der Waals surface area contributed by atoms with Gasteiger partial charge in [0.25, 0.3) is 0 Å². The lowest BCUT2D eigenvalue weighted by Crippen LogP contribution is -2.50. The smallest absolute Gasteiger partial charge is 0.321 e. The lowest BCUT2D eigenvalue weighted by Gasteiger charge is -2.37. The maximum absolute atomic E-state index is 12.4. The second kappa shape index (κ2) is 8.02. The molecule has 0 radical (unpaired) electrons. The van der Waals surface area contributed by atoms with Crippen LogP contribution in [0.1, 0.15) is 11.6 Å². The van der Waals surface area contributed by atoms with Crippen molar-refractivity contribution in [3.63, 3.8) is 0 Å². The average molecular weight is 355 g/mol. The van der Waals surface area contributed by atoms with Crippen molar-refractivity contribution in [2.75, 3.05) is 31.5 Å². The van der Waals surface area contributed by atoms with Crippen molar-refractivity contribution in [1.82, 2.24) is 9.80 Å². The Labute approximate surface area is 152 Å². The largest absolute Gasteiger partial charge is 0.322 e. The maximum atomic E-state index is 12.4. The summed E-state index contributed by atoms with van der Waals surface area (Å²) in [4.78, 5) is 16.3. The van der Waals surface area contributed by atoms with E-state index < -0.39 is 0 Å². The van der Waals surface area contributed by atoms with Crippen LogP contribution in [0.15, 0.2) is 54.6 Å². The lowest BCUT2D eigenvalue weighted by molar-refractivity contribution is 0.131. The van der Waals surface area contributed by atoms with E-state index in [9.17, 15) is 10.1 Å². The number of hydrogen-bond donors (Lipinski definition) is 1. The predicted octanol–water partition coefficient (Wildman–Crippen LogP) is 3.75. The molecule has 1 saturated heterocycles. The molecule has 1 atom stereocenters. The molecular weight excluding hydrogens is 336 g/mol. The highest BCUT2D eigenvalue weighted by atomic mass is 35.5. The third kappa shape index (κ3) is 4.11. The normalized spacial score (nSPS) is 16.1. The molecule has 5 nitrogen and oxygen atoms in total. The summed E-state index contributed by atoms with van der Waals surface area (Å²) in [6, 6.07) is 18.8. The van der Waals surface area contributed by atoms with Crippen molar-refractivity contribution in [2.24, 2.45) is 0 Å². The van der Waals surface area contributed by atoms with Crippen LogP contribution in [0.25, 0.3) is 0 Å². The number of piperazine rings is 1. The zero-order valence-electron chi connectivity index (χ0n) is 13.7. The number of para-hydroxylation sites is 1. The third-order valence-corrected chi connectivity index (χ3v) is 4.65. The van der Waals surface area contributed by atoms with Gasteiger partial charge in [-0.05, 0) is 17.7 Å². The first kappa shape index (κ1) is 17.3. The van der Waals surface area contributed by atoms with Gasteiger partial charge in [0, 0.05) is 26.2 Å². The van der Waals surface area contributed by atoms with Gasteiger partial charge in [-0.3, -0.25) is 4.90 Å². The minimum absolute atomic E-state index is 0.166. The van der Waals surface area contributed by atoms with Crippen LogP contribution in [0.2, 0.25) is 5.02 Å². The predicted molar refractivity (Wildman–Crippen MR) is 98.4 cm³/mol. The Kier molecular flexibility index (Phi) is 5.54. The molecule has 1 N–H and O–H groups in total. The number of urea groups is 1. The standard InChI is InChI=1S/C19H19ClN4O/c20-16-8-4-5-9-17(16)22-19(25)24-12-10-23(11-13-24)18(14-21)15-6-2-1-3-7-15/h1-9,18H,10-13H2,(H,22,25)/t18-/m1/s1. The third-order valence-electron chi connectivity index (χ3n) is 4.32. The fourth-order valence-electron chi connectivity index (χ4n) is 2.94. The number of halogens is 1. The van der Waals surface area contributed by atoms with Crippen LogP contribution >= 0.6 is 11.6 Å². The fraction of sp³-hybridized carbons (Fsp3) is 0.263. The quantitative estimate of drug-likeness (QED) is 0.913. The van der Waals surface area contributed by atoms with E-state index in [4.69, 9.17) is 11.6 Å². The molecule has 0 aromatic heterocycles. The highest BCUT2D eigenvalue weighted by molar-refractivity contribution is 6.33. The fourth-order valence-corrected chi connectivity index (χ4v) is 3.13. The van der Waals surface area contributed by atoms with Crippen LogP contribution in [0.4, 0.5) is 10.5 Å². The molecule has 0 spiro atoms. The first-order valence-corrected chi connectivity index (χ1v) is 8.56. The van der Waals surface area contributed by atoms with Gasteiger partial charge in [0.15, 0.2) is 0 Å². The zero-order valence-corrected chi connectivity index (χ0v) is 14.5. The van der Waals surface area contributed by atoms with Crippen molar-refractivity contribution in [3.05, 3.63) is 65.2 Å². The minimum Gasteiger partial charge on any atom is -0.322 e. The molecular formula is C19H19ClN4O. The molecule has 2 aromatic carbocycles. The van der Waals surface area contributed by atoms with Crippen molar-refractivity contribution < 1.29 is 4.79 Å². The number of nitrogens with zero attached hydrogens (tertiary/aromatic N) is 3. The van der Waals surface area contributed by atoms with Crippen molar-refractivity contribution in [1.29, 1.82) is 5.26 Å². The highest BCUT2D eigenvalue weighted by Crippen LogP contribution is 2.23. The van der Waals surface area contributed by atoms with Crippen molar-refractivity contribution >= 4 is 23.3 Å². The number of nitriles is 1. The number of rotatable bonds is 3. The van der Waals surface area contributed by atoms with E-state index in [1.54, 1.807) is 17.0 Å². The summed E-state index contributed by atoms with van der Waals surface area (Å²) in [5.74, 6) is 0. The number of benzene rings is 2. The van der Waals surface area contributed by atoms with E-state index in [-0.39, 0.29) is 12.1 Å². The molecule has 1 aliphatic heterocycles. The second-order valence-electron chi connectivity index (χ2n) is 5.88. The minimum atomic E-state index is -0.282. The summed E-state index contributed by atoms with van der Waals surface area (Å²) >= 11 is 6.08. The number of amides is 2. The Morgan fingerprint density at radius 2 is 1.68 bits per heavy atom. The highest BCUT2D eigenvalue weighted by Gasteiger charge is 2.27. The lowest BCUT2D eigenvalue weighted by atomic mass is 10.1. The van der Waals surface area contributed by atoms with Crippen LogP contribution in [0, 0.1) is 11.3 Å². The van der Waals surface area contributed by atoms with Gasteiger partial charge < -0.3 is 10.2 Å². The monoisotopic (exact) mass is 354 g/mol. The summed E-state index contributed by atoms with van der Waals surface area (Å²) < 4.78 is 0. The number of nitrogens with one attached hydrogen (secondary N) is 1. The van der Waals surface area contributed by atoms with Gasteiger partial charge in [-0.15, -0.1) is 0 Å². The Morgan fingerprint density at radius 1 is 1.04 bits per heavy atom. The van der Waals surface area contributed by atoms with Gasteiger partial charge in [-0.2, -0.15) is 5.26 Å². The van der Waals surface area contributed by atoms with Gasteiger partial charge in [0.2, 0.25) is 0 Å². The number of anilines is 1. The number of carbonyl (C=O) groups is 1. The molecule has 2 amide bonds. The molecule has 1 fully saturated rings. The molecule has 128 valence electrons. The Hall–Kier alpha value is -2.55. The van der Waals surface area contributed by atoms with E-state index >= 15 is 0 Å². The molecule has 0 aliphatic carbocycles. The Morgan fingerprint density at radius 3 is 2.32 bits per heavy atom. The van der Waals surface area contributed by atoms with Crippen LogP contribution in [-0.4, -0.2) is 42.0 Å². The summed E-state index contributed by atoms with van der Waals surface area (Å²) in [5.41, 5.74) is 1.59. The SMILES string of the molecule is N#C[C@H](c1ccccc1)N1CCN(C(=O)Nc2ccccc2Cl)CC1. The summed E-state index contributed by atoms with van der Waals surface area (Å²) in [6.07, 6.45) is 0. The zero-order chi connectivity index (χ0) is 17.6. The van der Waals surface area contributed by atoms with Gasteiger partial charge in [0.1, 0.15) is 6.04 Å². The molecule has 6 heteroatoms. The maximum Gasteiger partial charge on any atom is 0.321 e. The Balaban J connectivity index is 1.59. The number of hydrogen-bond acceptors (Lipinski definition) is 3. The van der Waals surface area contributed by atoms with Crippen LogP contribution in [-0.2, 0) is 0 Å². The van der Waals surface area contributed by atoms with Gasteiger partial charge in [-0.25, -0.2) is 4.79 Å². The molecule has 0 saturated carbocycles. The van der Waals surface area contributed by atoms with Gasteiger partial charge in [0.05, 0.1) is 16.8 Å². The van der Waals surface area contributed by atoms with E-state index in [0.717, 1.165) is 5.56 Å².